The van der Waals surface area contributed by atoms with Crippen molar-refractivity contribution in [2.45, 2.75) is 25.9 Å². The van der Waals surface area contributed by atoms with E-state index in [2.05, 4.69) is 10.3 Å². The van der Waals surface area contributed by atoms with Crippen LogP contribution in [0, 0.1) is 6.92 Å². The van der Waals surface area contributed by atoms with Gasteiger partial charge in [0.15, 0.2) is 0 Å². The van der Waals surface area contributed by atoms with Gasteiger partial charge in [0.25, 0.3) is 0 Å². The highest BCUT2D eigenvalue weighted by Gasteiger charge is 2.38. The highest BCUT2D eigenvalue weighted by Crippen LogP contribution is 2.15. The number of hydrogen-bond donors (Lipinski definition) is 3. The van der Waals surface area contributed by atoms with Crippen molar-refractivity contribution in [2.24, 2.45) is 0 Å². The van der Waals surface area contributed by atoms with E-state index in [-0.39, 0.29) is 6.54 Å². The number of hydrogen-bond acceptors (Lipinski definition) is 4. The quantitative estimate of drug-likeness (QED) is 0.698. The average molecular weight is 290 g/mol. The second-order valence-corrected chi connectivity index (χ2v) is 4.28. The molecule has 0 unspecified atom stereocenters. The molecule has 1 aromatic rings. The molecule has 1 aromatic heterocycles. The van der Waals surface area contributed by atoms with E-state index in [4.69, 9.17) is 5.73 Å². The van der Waals surface area contributed by atoms with Gasteiger partial charge in [0, 0.05) is 18.8 Å². The fraction of sp³-hybridized carbons (Fsp3) is 0.500. The van der Waals surface area contributed by atoms with Crippen molar-refractivity contribution in [3.05, 3.63) is 17.8 Å². The van der Waals surface area contributed by atoms with Crippen LogP contribution >= 0.6 is 0 Å². The number of nitrogens with one attached hydrogen (secondary N) is 2. The molecule has 0 radical (unpaired) electrons. The largest absolute Gasteiger partial charge is 0.471 e. The van der Waals surface area contributed by atoms with Gasteiger partial charge in [-0.25, -0.2) is 4.98 Å². The minimum atomic E-state index is -4.82. The van der Waals surface area contributed by atoms with Crippen LogP contribution in [0.5, 0.6) is 0 Å². The summed E-state index contributed by atoms with van der Waals surface area (Å²) in [6.45, 7) is 2.33. The maximum absolute atomic E-state index is 11.9. The average Bonchev–Trinajstić information content (AvgIpc) is 2.36. The Hall–Kier alpha value is -1.99. The fourth-order valence-electron chi connectivity index (χ4n) is 1.47. The highest BCUT2D eigenvalue weighted by molar-refractivity contribution is 5.81. The number of carbonyl (C=O) groups is 1. The highest BCUT2D eigenvalue weighted by atomic mass is 19.4. The van der Waals surface area contributed by atoms with Crippen molar-refractivity contribution in [2.75, 3.05) is 24.1 Å². The van der Waals surface area contributed by atoms with Crippen molar-refractivity contribution < 1.29 is 18.0 Å². The number of aromatic nitrogens is 1. The van der Waals surface area contributed by atoms with Crippen LogP contribution in [0.3, 0.4) is 0 Å². The summed E-state index contributed by atoms with van der Waals surface area (Å²) in [5.74, 6) is -1.35. The number of halogens is 3. The van der Waals surface area contributed by atoms with Crippen LogP contribution in [0.1, 0.15) is 18.5 Å². The fourth-order valence-corrected chi connectivity index (χ4v) is 1.47. The molecule has 0 atom stereocenters. The Morgan fingerprint density at radius 3 is 2.60 bits per heavy atom. The second kappa shape index (κ2) is 6.97. The lowest BCUT2D eigenvalue weighted by atomic mass is 10.3. The zero-order valence-electron chi connectivity index (χ0n) is 11.0. The molecular weight excluding hydrogens is 273 g/mol. The Morgan fingerprint density at radius 2 is 1.95 bits per heavy atom. The smallest absolute Gasteiger partial charge is 0.396 e. The van der Waals surface area contributed by atoms with Gasteiger partial charge in [-0.2, -0.15) is 13.2 Å². The summed E-state index contributed by atoms with van der Waals surface area (Å²) >= 11 is 0. The van der Waals surface area contributed by atoms with Crippen LogP contribution in [0.2, 0.25) is 0 Å². The molecule has 0 bridgehead atoms. The van der Waals surface area contributed by atoms with E-state index < -0.39 is 12.1 Å². The molecule has 1 amide bonds. The minimum absolute atomic E-state index is 0.0171. The Morgan fingerprint density at radius 1 is 1.30 bits per heavy atom. The van der Waals surface area contributed by atoms with Crippen molar-refractivity contribution in [1.29, 1.82) is 0 Å². The van der Waals surface area contributed by atoms with E-state index in [0.29, 0.717) is 30.9 Å². The summed E-state index contributed by atoms with van der Waals surface area (Å²) in [6.07, 6.45) is -3.80. The molecule has 0 spiro atoms. The molecule has 20 heavy (non-hydrogen) atoms. The molecule has 0 saturated carbocycles. The first-order chi connectivity index (χ1) is 9.30. The number of anilines is 2. The predicted octanol–water partition coefficient (Wildman–Crippen LogP) is 1.84. The normalized spacial score (nSPS) is 11.2. The van der Waals surface area contributed by atoms with E-state index in [1.807, 2.05) is 12.2 Å². The van der Waals surface area contributed by atoms with Crippen LogP contribution in [-0.2, 0) is 4.79 Å². The molecule has 5 nitrogen and oxygen atoms in total. The van der Waals surface area contributed by atoms with Crippen molar-refractivity contribution in [3.63, 3.8) is 0 Å². The molecule has 0 aromatic carbocycles. The van der Waals surface area contributed by atoms with E-state index >= 15 is 0 Å². The van der Waals surface area contributed by atoms with Gasteiger partial charge in [-0.1, -0.05) is 0 Å². The Bertz CT molecular complexity index is 463. The van der Waals surface area contributed by atoms with E-state index in [1.54, 1.807) is 12.1 Å². The Kier molecular flexibility index (Phi) is 5.60. The molecule has 0 aliphatic carbocycles. The molecule has 8 heteroatoms. The van der Waals surface area contributed by atoms with Gasteiger partial charge in [-0.15, -0.1) is 0 Å². The number of nitrogen functional groups attached to an aromatic ring is 1. The number of alkyl halides is 3. The summed E-state index contributed by atoms with van der Waals surface area (Å²) in [7, 11) is 0. The topological polar surface area (TPSA) is 80.0 Å². The predicted molar refractivity (Wildman–Crippen MR) is 70.2 cm³/mol. The molecule has 0 aliphatic heterocycles. The third kappa shape index (κ3) is 5.33. The molecule has 1 rings (SSSR count). The van der Waals surface area contributed by atoms with Crippen LogP contribution in [0.4, 0.5) is 24.7 Å². The molecule has 0 fully saturated rings. The van der Waals surface area contributed by atoms with Crippen LogP contribution in [0.15, 0.2) is 12.1 Å². The number of unbranched alkanes of at least 4 members (excludes halogenated alkanes) is 1. The first-order valence-corrected chi connectivity index (χ1v) is 6.12. The van der Waals surface area contributed by atoms with Gasteiger partial charge in [0.1, 0.15) is 5.82 Å². The van der Waals surface area contributed by atoms with E-state index in [1.165, 1.54) is 0 Å². The minimum Gasteiger partial charge on any atom is -0.396 e. The number of nitrogens with zero attached hydrogens (tertiary/aromatic N) is 1. The lowest BCUT2D eigenvalue weighted by Crippen LogP contribution is -2.37. The van der Waals surface area contributed by atoms with Gasteiger partial charge < -0.3 is 16.4 Å². The van der Waals surface area contributed by atoms with Crippen molar-refractivity contribution >= 4 is 17.4 Å². The van der Waals surface area contributed by atoms with Gasteiger partial charge >= 0.3 is 12.1 Å². The Labute approximate surface area is 114 Å². The summed E-state index contributed by atoms with van der Waals surface area (Å²) in [5, 5.41) is 4.81. The first-order valence-electron chi connectivity index (χ1n) is 6.12. The summed E-state index contributed by atoms with van der Waals surface area (Å²) in [5.41, 5.74) is 7.04. The first kappa shape index (κ1) is 16.1. The second-order valence-electron chi connectivity index (χ2n) is 4.28. The summed E-state index contributed by atoms with van der Waals surface area (Å²) in [6, 6.07) is 3.52. The van der Waals surface area contributed by atoms with E-state index in [0.717, 1.165) is 5.69 Å². The van der Waals surface area contributed by atoms with E-state index in [9.17, 15) is 18.0 Å². The maximum atomic E-state index is 11.9. The van der Waals surface area contributed by atoms with Gasteiger partial charge in [0.2, 0.25) is 0 Å². The monoisotopic (exact) mass is 290 g/mol. The molecule has 4 N–H and O–H groups in total. The van der Waals surface area contributed by atoms with Gasteiger partial charge in [-0.3, -0.25) is 4.79 Å². The lowest BCUT2D eigenvalue weighted by molar-refractivity contribution is -0.173. The number of nitrogens with two attached hydrogens (primary N) is 1. The SMILES string of the molecule is Cc1ccc(N)c(NCCCCNC(=O)C(F)(F)F)n1. The summed E-state index contributed by atoms with van der Waals surface area (Å²) in [4.78, 5) is 14.7. The number of carbonyl (C=O) groups excluding carboxylic acids is 1. The van der Waals surface area contributed by atoms with Crippen molar-refractivity contribution in [1.82, 2.24) is 10.3 Å². The molecule has 0 aliphatic rings. The molecular formula is C12H17F3N4O. The zero-order chi connectivity index (χ0) is 15.2. The number of aryl methyl sites for hydroxylation is 1. The third-order valence-corrected chi connectivity index (χ3v) is 2.50. The van der Waals surface area contributed by atoms with Gasteiger partial charge in [-0.05, 0) is 31.9 Å². The molecule has 0 saturated heterocycles. The maximum Gasteiger partial charge on any atom is 0.471 e. The molecule has 112 valence electrons. The van der Waals surface area contributed by atoms with Crippen LogP contribution < -0.4 is 16.4 Å². The number of rotatable bonds is 6. The number of amides is 1. The lowest BCUT2D eigenvalue weighted by Gasteiger charge is -2.10. The number of pyridine rings is 1. The Balaban J connectivity index is 2.20. The van der Waals surface area contributed by atoms with Crippen LogP contribution in [0.25, 0.3) is 0 Å². The van der Waals surface area contributed by atoms with Gasteiger partial charge in [0.05, 0.1) is 5.69 Å². The summed E-state index contributed by atoms with van der Waals surface area (Å²) < 4.78 is 35.6. The molecule has 1 heterocycles. The van der Waals surface area contributed by atoms with Crippen molar-refractivity contribution in [3.8, 4) is 0 Å². The third-order valence-electron chi connectivity index (χ3n) is 2.50. The standard InChI is InChI=1S/C12H17F3N4O/c1-8-4-5-9(16)10(19-8)17-6-2-3-7-18-11(20)12(13,14)15/h4-5H,2-3,6-7,16H2,1H3,(H,17,19)(H,18,20). The van der Waals surface area contributed by atoms with Crippen LogP contribution in [-0.4, -0.2) is 30.2 Å². The zero-order valence-corrected chi connectivity index (χ0v) is 11.0.